The van der Waals surface area contributed by atoms with Crippen molar-refractivity contribution in [2.24, 2.45) is 0 Å². The number of halogens is 2. The molecule has 2 N–H and O–H groups in total. The second-order valence-electron chi connectivity index (χ2n) is 3.20. The molecule has 0 bridgehead atoms. The molecule has 0 amide bonds. The number of nitrogens with one attached hydrogen (secondary N) is 1. The zero-order valence-electron chi connectivity index (χ0n) is 8.78. The van der Waals surface area contributed by atoms with E-state index in [0.717, 1.165) is 0 Å². The molecular weight excluding hydrogens is 253 g/mol. The van der Waals surface area contributed by atoms with E-state index in [9.17, 15) is 5.11 Å². The maximum atomic E-state index is 9.40. The van der Waals surface area contributed by atoms with Crippen molar-refractivity contribution in [3.63, 3.8) is 0 Å². The van der Waals surface area contributed by atoms with Crippen LogP contribution >= 0.6 is 23.2 Å². The Morgan fingerprint density at radius 2 is 2.25 bits per heavy atom. The summed E-state index contributed by atoms with van der Waals surface area (Å²) in [5, 5.41) is 20.2. The van der Waals surface area contributed by atoms with E-state index in [-0.39, 0.29) is 10.3 Å². The van der Waals surface area contributed by atoms with Crippen LogP contribution in [-0.2, 0) is 4.74 Å². The summed E-state index contributed by atoms with van der Waals surface area (Å²) in [4.78, 5) is 0. The summed E-state index contributed by atoms with van der Waals surface area (Å²) in [6.45, 7) is 0.858. The quantitative estimate of drug-likeness (QED) is 0.818. The monoisotopic (exact) mass is 265 g/mol. The molecule has 0 radical (unpaired) electrons. The average molecular weight is 266 g/mol. The number of ether oxygens (including phenoxy) is 1. The van der Waals surface area contributed by atoms with Crippen LogP contribution in [0.5, 0.6) is 0 Å². The predicted octanol–water partition coefficient (Wildman–Crippen LogP) is 1.59. The molecule has 1 aromatic heterocycles. The van der Waals surface area contributed by atoms with Crippen molar-refractivity contribution in [1.29, 1.82) is 0 Å². The highest BCUT2D eigenvalue weighted by molar-refractivity contribution is 6.33. The minimum Gasteiger partial charge on any atom is -0.391 e. The first-order valence-electron chi connectivity index (χ1n) is 4.73. The SMILES string of the molecule is COCC(O)CCNc1cc(Cl)nnc1Cl. The fourth-order valence-corrected chi connectivity index (χ4v) is 1.43. The molecule has 1 unspecified atom stereocenters. The van der Waals surface area contributed by atoms with Crippen LogP contribution in [0.4, 0.5) is 5.69 Å². The third-order valence-corrected chi connectivity index (χ3v) is 2.33. The number of hydrogen-bond acceptors (Lipinski definition) is 5. The summed E-state index contributed by atoms with van der Waals surface area (Å²) in [5.41, 5.74) is 0.603. The summed E-state index contributed by atoms with van der Waals surface area (Å²) in [6, 6.07) is 1.58. The first-order chi connectivity index (χ1) is 7.63. The van der Waals surface area contributed by atoms with Gasteiger partial charge in [0.15, 0.2) is 10.3 Å². The molecule has 7 heteroatoms. The van der Waals surface area contributed by atoms with Gasteiger partial charge in [0.05, 0.1) is 18.4 Å². The summed E-state index contributed by atoms with van der Waals surface area (Å²) >= 11 is 11.5. The molecule has 0 aliphatic heterocycles. The normalized spacial score (nSPS) is 12.5. The Bertz CT molecular complexity index is 339. The van der Waals surface area contributed by atoms with E-state index in [2.05, 4.69) is 15.5 Å². The Morgan fingerprint density at radius 1 is 1.50 bits per heavy atom. The highest BCUT2D eigenvalue weighted by Gasteiger charge is 2.06. The molecule has 0 spiro atoms. The van der Waals surface area contributed by atoms with Crippen molar-refractivity contribution in [3.05, 3.63) is 16.4 Å². The van der Waals surface area contributed by atoms with Gasteiger partial charge in [-0.2, -0.15) is 0 Å². The summed E-state index contributed by atoms with van der Waals surface area (Å²) < 4.78 is 4.80. The van der Waals surface area contributed by atoms with Crippen LogP contribution in [0.25, 0.3) is 0 Å². The van der Waals surface area contributed by atoms with Crippen molar-refractivity contribution in [3.8, 4) is 0 Å². The molecule has 16 heavy (non-hydrogen) atoms. The maximum absolute atomic E-state index is 9.40. The Morgan fingerprint density at radius 3 is 2.94 bits per heavy atom. The van der Waals surface area contributed by atoms with Gasteiger partial charge < -0.3 is 15.2 Å². The van der Waals surface area contributed by atoms with Crippen LogP contribution in [0.1, 0.15) is 6.42 Å². The molecule has 0 aromatic carbocycles. The van der Waals surface area contributed by atoms with Gasteiger partial charge >= 0.3 is 0 Å². The van der Waals surface area contributed by atoms with Crippen LogP contribution in [-0.4, -0.2) is 41.7 Å². The van der Waals surface area contributed by atoms with Gasteiger partial charge in [0.2, 0.25) is 0 Å². The van der Waals surface area contributed by atoms with E-state index in [4.69, 9.17) is 27.9 Å². The molecular formula is C9H13Cl2N3O2. The zero-order chi connectivity index (χ0) is 12.0. The molecule has 1 atom stereocenters. The Balaban J connectivity index is 2.39. The molecule has 1 aromatic rings. The lowest BCUT2D eigenvalue weighted by molar-refractivity contribution is 0.0615. The minimum atomic E-state index is -0.499. The molecule has 1 heterocycles. The number of hydrogen-bond donors (Lipinski definition) is 2. The van der Waals surface area contributed by atoms with Crippen molar-refractivity contribution in [2.45, 2.75) is 12.5 Å². The van der Waals surface area contributed by atoms with Crippen LogP contribution in [0, 0.1) is 0 Å². The first-order valence-corrected chi connectivity index (χ1v) is 5.48. The maximum Gasteiger partial charge on any atom is 0.174 e. The van der Waals surface area contributed by atoms with Crippen molar-refractivity contribution < 1.29 is 9.84 Å². The standard InChI is InChI=1S/C9H13Cl2N3O2/c1-16-5-6(15)2-3-12-7-4-8(10)13-14-9(7)11/h4,6,15H,2-3,5H2,1H3,(H,12,13). The van der Waals surface area contributed by atoms with E-state index < -0.39 is 6.10 Å². The molecule has 0 fully saturated rings. The van der Waals surface area contributed by atoms with Crippen molar-refractivity contribution in [1.82, 2.24) is 10.2 Å². The van der Waals surface area contributed by atoms with Crippen LogP contribution < -0.4 is 5.32 Å². The molecule has 5 nitrogen and oxygen atoms in total. The van der Waals surface area contributed by atoms with Gasteiger partial charge in [0, 0.05) is 19.7 Å². The molecule has 0 saturated carbocycles. The van der Waals surface area contributed by atoms with Gasteiger partial charge in [0.25, 0.3) is 0 Å². The van der Waals surface area contributed by atoms with E-state index in [0.29, 0.717) is 25.3 Å². The number of anilines is 1. The molecule has 0 aliphatic carbocycles. The second kappa shape index (κ2) is 6.85. The lowest BCUT2D eigenvalue weighted by Crippen LogP contribution is -2.18. The predicted molar refractivity (Wildman–Crippen MR) is 63.0 cm³/mol. The molecule has 0 aliphatic rings. The molecule has 1 rings (SSSR count). The van der Waals surface area contributed by atoms with Gasteiger partial charge in [-0.3, -0.25) is 0 Å². The topological polar surface area (TPSA) is 67.3 Å². The number of aliphatic hydroxyl groups is 1. The third kappa shape index (κ3) is 4.49. The van der Waals surface area contributed by atoms with Gasteiger partial charge in [-0.15, -0.1) is 10.2 Å². The fourth-order valence-electron chi connectivity index (χ4n) is 1.13. The smallest absolute Gasteiger partial charge is 0.174 e. The zero-order valence-corrected chi connectivity index (χ0v) is 10.3. The van der Waals surface area contributed by atoms with E-state index in [1.807, 2.05) is 0 Å². The Kier molecular flexibility index (Phi) is 5.76. The second-order valence-corrected chi connectivity index (χ2v) is 3.94. The van der Waals surface area contributed by atoms with Crippen molar-refractivity contribution in [2.75, 3.05) is 25.6 Å². The van der Waals surface area contributed by atoms with Crippen molar-refractivity contribution >= 4 is 28.9 Å². The summed E-state index contributed by atoms with van der Waals surface area (Å²) in [6.07, 6.45) is 0.0472. The van der Waals surface area contributed by atoms with Crippen LogP contribution in [0.3, 0.4) is 0 Å². The largest absolute Gasteiger partial charge is 0.391 e. The van der Waals surface area contributed by atoms with Crippen LogP contribution in [0.15, 0.2) is 6.07 Å². The fraction of sp³-hybridized carbons (Fsp3) is 0.556. The van der Waals surface area contributed by atoms with Gasteiger partial charge in [-0.05, 0) is 6.42 Å². The number of methoxy groups -OCH3 is 1. The van der Waals surface area contributed by atoms with Gasteiger partial charge in [0.1, 0.15) is 0 Å². The van der Waals surface area contributed by atoms with Crippen LogP contribution in [0.2, 0.25) is 10.3 Å². The summed E-state index contributed by atoms with van der Waals surface area (Å²) in [5.74, 6) is 0. The van der Waals surface area contributed by atoms with Gasteiger partial charge in [-0.1, -0.05) is 23.2 Å². The number of aromatic nitrogens is 2. The summed E-state index contributed by atoms with van der Waals surface area (Å²) in [7, 11) is 1.54. The lowest BCUT2D eigenvalue weighted by atomic mass is 10.2. The number of rotatable bonds is 6. The Hall–Kier alpha value is -0.620. The average Bonchev–Trinajstić information content (AvgIpc) is 2.23. The molecule has 90 valence electrons. The highest BCUT2D eigenvalue weighted by atomic mass is 35.5. The number of nitrogens with zero attached hydrogens (tertiary/aromatic N) is 2. The lowest BCUT2D eigenvalue weighted by Gasteiger charge is -2.11. The van der Waals surface area contributed by atoms with E-state index in [1.54, 1.807) is 13.2 Å². The highest BCUT2D eigenvalue weighted by Crippen LogP contribution is 2.20. The Labute approximate surface area is 104 Å². The van der Waals surface area contributed by atoms with E-state index in [1.165, 1.54) is 0 Å². The molecule has 0 saturated heterocycles. The van der Waals surface area contributed by atoms with Gasteiger partial charge in [-0.25, -0.2) is 0 Å². The van der Waals surface area contributed by atoms with E-state index >= 15 is 0 Å². The minimum absolute atomic E-state index is 0.255. The third-order valence-electron chi connectivity index (χ3n) is 1.87. The first kappa shape index (κ1) is 13.4. The number of aliphatic hydroxyl groups excluding tert-OH is 1.